The molecular weight excluding hydrogens is 228 g/mol. The third-order valence-corrected chi connectivity index (χ3v) is 3.75. The van der Waals surface area contributed by atoms with Gasteiger partial charge in [-0.2, -0.15) is 0 Å². The lowest BCUT2D eigenvalue weighted by Crippen LogP contribution is -2.64. The van der Waals surface area contributed by atoms with Crippen LogP contribution in [0.2, 0.25) is 0 Å². The van der Waals surface area contributed by atoms with Gasteiger partial charge in [-0.05, 0) is 17.9 Å². The number of nitrogens with zero attached hydrogens (tertiary/aromatic N) is 2. The zero-order valence-electron chi connectivity index (χ0n) is 12.9. The summed E-state index contributed by atoms with van der Waals surface area (Å²) >= 11 is 0. The molecule has 0 aromatic rings. The number of likely N-dealkylation sites (N-methyl/N-ethyl adjacent to an activating group) is 1. The van der Waals surface area contributed by atoms with Gasteiger partial charge in [-0.3, -0.25) is 4.79 Å². The van der Waals surface area contributed by atoms with Gasteiger partial charge in [-0.1, -0.05) is 41.5 Å². The number of carbonyl (C=O) groups excluding carboxylic acids is 1. The predicted molar refractivity (Wildman–Crippen MR) is 73.0 cm³/mol. The molecule has 1 rings (SSSR count). The molecule has 0 bridgehead atoms. The van der Waals surface area contributed by atoms with Gasteiger partial charge in [0.15, 0.2) is 0 Å². The standard InChI is InChI=1S/C14H28N2O2/c1-13(2,3)11-8-15(7)9-12(14(4,5)6)16(11)18-10-17/h10-12H,8-9H2,1-7H3. The summed E-state index contributed by atoms with van der Waals surface area (Å²) in [6.07, 6.45) is 0. The van der Waals surface area contributed by atoms with E-state index < -0.39 is 0 Å². The minimum atomic E-state index is 0.0706. The minimum absolute atomic E-state index is 0.0706. The molecule has 1 aliphatic heterocycles. The summed E-state index contributed by atoms with van der Waals surface area (Å²) in [6.45, 7) is 15.6. The van der Waals surface area contributed by atoms with Gasteiger partial charge in [0, 0.05) is 13.1 Å². The molecule has 4 heteroatoms. The highest BCUT2D eigenvalue weighted by Gasteiger charge is 2.45. The van der Waals surface area contributed by atoms with E-state index in [1.54, 1.807) is 0 Å². The van der Waals surface area contributed by atoms with Gasteiger partial charge in [0.05, 0.1) is 12.1 Å². The van der Waals surface area contributed by atoms with E-state index in [2.05, 4.69) is 53.5 Å². The number of hydrogen-bond acceptors (Lipinski definition) is 4. The molecule has 0 aromatic carbocycles. The Hall–Kier alpha value is -0.610. The summed E-state index contributed by atoms with van der Waals surface area (Å²) in [5.41, 5.74) is 0.141. The van der Waals surface area contributed by atoms with Crippen molar-refractivity contribution in [3.63, 3.8) is 0 Å². The van der Waals surface area contributed by atoms with Gasteiger partial charge in [0.1, 0.15) is 0 Å². The van der Waals surface area contributed by atoms with E-state index in [0.717, 1.165) is 13.1 Å². The summed E-state index contributed by atoms with van der Waals surface area (Å²) in [7, 11) is 2.13. The normalized spacial score (nSPS) is 28.2. The second-order valence-electron chi connectivity index (χ2n) is 7.55. The Morgan fingerprint density at radius 1 is 1.00 bits per heavy atom. The van der Waals surface area contributed by atoms with Gasteiger partial charge < -0.3 is 9.74 Å². The highest BCUT2D eigenvalue weighted by molar-refractivity contribution is 5.36. The number of hydrogen-bond donors (Lipinski definition) is 0. The maximum absolute atomic E-state index is 10.8. The van der Waals surface area contributed by atoms with E-state index in [1.165, 1.54) is 0 Å². The molecule has 106 valence electrons. The summed E-state index contributed by atoms with van der Waals surface area (Å²) in [5, 5.41) is 1.92. The second kappa shape index (κ2) is 5.17. The number of carbonyl (C=O) groups is 1. The van der Waals surface area contributed by atoms with Crippen molar-refractivity contribution in [3.05, 3.63) is 0 Å². The quantitative estimate of drug-likeness (QED) is 0.709. The van der Waals surface area contributed by atoms with Gasteiger partial charge in [-0.15, -0.1) is 5.06 Å². The van der Waals surface area contributed by atoms with Crippen LogP contribution in [0.4, 0.5) is 0 Å². The summed E-state index contributed by atoms with van der Waals surface area (Å²) < 4.78 is 0. The zero-order chi connectivity index (χ0) is 14.1. The van der Waals surface area contributed by atoms with Crippen LogP contribution in [0.25, 0.3) is 0 Å². The first-order valence-electron chi connectivity index (χ1n) is 6.64. The Kier molecular flexibility index (Phi) is 4.44. The third-order valence-electron chi connectivity index (χ3n) is 3.75. The van der Waals surface area contributed by atoms with Crippen molar-refractivity contribution in [1.82, 2.24) is 9.96 Å². The number of hydroxylamine groups is 2. The van der Waals surface area contributed by atoms with Crippen LogP contribution in [0.15, 0.2) is 0 Å². The first-order valence-corrected chi connectivity index (χ1v) is 6.64. The Morgan fingerprint density at radius 2 is 1.39 bits per heavy atom. The Labute approximate surface area is 111 Å². The molecule has 1 fully saturated rings. The molecule has 4 nitrogen and oxygen atoms in total. The van der Waals surface area contributed by atoms with E-state index >= 15 is 0 Å². The van der Waals surface area contributed by atoms with Crippen LogP contribution in [0.5, 0.6) is 0 Å². The molecule has 0 aliphatic carbocycles. The molecule has 1 heterocycles. The van der Waals surface area contributed by atoms with E-state index in [1.807, 2.05) is 5.06 Å². The predicted octanol–water partition coefficient (Wildman–Crippen LogP) is 2.15. The fourth-order valence-electron chi connectivity index (χ4n) is 2.55. The Bertz CT molecular complexity index is 267. The van der Waals surface area contributed by atoms with Crippen molar-refractivity contribution in [2.75, 3.05) is 20.1 Å². The van der Waals surface area contributed by atoms with Crippen LogP contribution in [0.3, 0.4) is 0 Å². The van der Waals surface area contributed by atoms with Crippen molar-refractivity contribution < 1.29 is 9.63 Å². The molecule has 0 N–H and O–H groups in total. The van der Waals surface area contributed by atoms with Crippen LogP contribution in [0, 0.1) is 10.8 Å². The molecule has 0 amide bonds. The van der Waals surface area contributed by atoms with Crippen molar-refractivity contribution >= 4 is 6.47 Å². The lowest BCUT2D eigenvalue weighted by Gasteiger charge is -2.52. The molecule has 2 unspecified atom stereocenters. The van der Waals surface area contributed by atoms with E-state index in [-0.39, 0.29) is 22.9 Å². The highest BCUT2D eigenvalue weighted by atomic mass is 16.7. The Balaban J connectivity index is 3.05. The molecule has 1 aliphatic rings. The first-order chi connectivity index (χ1) is 8.07. The molecule has 1 saturated heterocycles. The molecular formula is C14H28N2O2. The third kappa shape index (κ3) is 3.45. The fraction of sp³-hybridized carbons (Fsp3) is 0.929. The summed E-state index contributed by atoms with van der Waals surface area (Å²) in [4.78, 5) is 18.5. The maximum Gasteiger partial charge on any atom is 0.313 e. The van der Waals surface area contributed by atoms with Gasteiger partial charge in [0.2, 0.25) is 0 Å². The van der Waals surface area contributed by atoms with E-state index in [9.17, 15) is 4.79 Å². The minimum Gasteiger partial charge on any atom is -0.370 e. The molecule has 2 atom stereocenters. The lowest BCUT2D eigenvalue weighted by atomic mass is 9.79. The van der Waals surface area contributed by atoms with E-state index in [4.69, 9.17) is 4.84 Å². The Morgan fingerprint density at radius 3 is 1.67 bits per heavy atom. The topological polar surface area (TPSA) is 32.8 Å². The van der Waals surface area contributed by atoms with Crippen LogP contribution in [-0.4, -0.2) is 48.7 Å². The van der Waals surface area contributed by atoms with Crippen LogP contribution < -0.4 is 0 Å². The molecule has 0 saturated carbocycles. The van der Waals surface area contributed by atoms with Crippen molar-refractivity contribution in [3.8, 4) is 0 Å². The molecule has 0 aromatic heterocycles. The smallest absolute Gasteiger partial charge is 0.313 e. The largest absolute Gasteiger partial charge is 0.370 e. The second-order valence-corrected chi connectivity index (χ2v) is 7.55. The first kappa shape index (κ1) is 15.4. The molecule has 0 spiro atoms. The monoisotopic (exact) mass is 256 g/mol. The van der Waals surface area contributed by atoms with Crippen LogP contribution in [-0.2, 0) is 9.63 Å². The number of rotatable bonds is 2. The van der Waals surface area contributed by atoms with Crippen LogP contribution >= 0.6 is 0 Å². The van der Waals surface area contributed by atoms with E-state index in [0.29, 0.717) is 6.47 Å². The average Bonchev–Trinajstić information content (AvgIpc) is 2.17. The van der Waals surface area contributed by atoms with Crippen molar-refractivity contribution in [2.24, 2.45) is 10.8 Å². The summed E-state index contributed by atoms with van der Waals surface area (Å²) in [6, 6.07) is 0.427. The van der Waals surface area contributed by atoms with Gasteiger partial charge in [0.25, 0.3) is 0 Å². The maximum atomic E-state index is 10.8. The van der Waals surface area contributed by atoms with Gasteiger partial charge in [-0.25, -0.2) is 0 Å². The SMILES string of the molecule is CN1CC(C(C)(C)C)N(OC=O)C(C(C)(C)C)C1. The lowest BCUT2D eigenvalue weighted by molar-refractivity contribution is -0.245. The van der Waals surface area contributed by atoms with Crippen molar-refractivity contribution in [1.29, 1.82) is 0 Å². The fourth-order valence-corrected chi connectivity index (χ4v) is 2.55. The van der Waals surface area contributed by atoms with Crippen LogP contribution in [0.1, 0.15) is 41.5 Å². The highest BCUT2D eigenvalue weighted by Crippen LogP contribution is 2.35. The van der Waals surface area contributed by atoms with Gasteiger partial charge >= 0.3 is 6.47 Å². The molecule has 18 heavy (non-hydrogen) atoms. The number of piperazine rings is 1. The summed E-state index contributed by atoms with van der Waals surface area (Å²) in [5.74, 6) is 0. The molecule has 0 radical (unpaired) electrons. The zero-order valence-corrected chi connectivity index (χ0v) is 12.9. The average molecular weight is 256 g/mol. The van der Waals surface area contributed by atoms with Crippen molar-refractivity contribution in [2.45, 2.75) is 53.6 Å².